The summed E-state index contributed by atoms with van der Waals surface area (Å²) in [5, 5.41) is 10.9. The fourth-order valence-corrected chi connectivity index (χ4v) is 4.22. The molecule has 174 valence electrons. The molecule has 2 N–H and O–H groups in total. The van der Waals surface area contributed by atoms with Crippen LogP contribution in [0.5, 0.6) is 5.88 Å². The van der Waals surface area contributed by atoms with E-state index in [2.05, 4.69) is 9.98 Å². The van der Waals surface area contributed by atoms with Crippen molar-refractivity contribution >= 4 is 11.9 Å². The molecule has 0 radical (unpaired) electrons. The van der Waals surface area contributed by atoms with Crippen LogP contribution in [0, 0.1) is 27.7 Å². The van der Waals surface area contributed by atoms with Crippen LogP contribution in [0.1, 0.15) is 27.9 Å². The minimum Gasteiger partial charge on any atom is -0.493 e. The zero-order valence-corrected chi connectivity index (χ0v) is 19.6. The van der Waals surface area contributed by atoms with Crippen LogP contribution in [0.15, 0.2) is 61.8 Å². The molecule has 0 saturated carbocycles. The number of hydrogen-bond donors (Lipinski definition) is 2. The number of aromatic amines is 1. The smallest absolute Gasteiger partial charge is 0.335 e. The molecule has 0 unspecified atom stereocenters. The monoisotopic (exact) mass is 459 g/mol. The summed E-state index contributed by atoms with van der Waals surface area (Å²) in [4.78, 5) is 44.8. The third kappa shape index (κ3) is 3.71. The highest BCUT2D eigenvalue weighted by Crippen LogP contribution is 2.24. The number of H-pyrrole nitrogens is 1. The summed E-state index contributed by atoms with van der Waals surface area (Å²) >= 11 is 0. The number of para-hydroxylation sites is 1. The Morgan fingerprint density at radius 2 is 1.59 bits per heavy atom. The molecule has 0 aliphatic heterocycles. The Morgan fingerprint density at radius 3 is 2.21 bits per heavy atom. The summed E-state index contributed by atoms with van der Waals surface area (Å²) in [6, 6.07) is 12.9. The molecule has 4 aromatic rings. The lowest BCUT2D eigenvalue weighted by Gasteiger charge is -2.15. The van der Waals surface area contributed by atoms with Gasteiger partial charge in [-0.1, -0.05) is 35.9 Å². The first-order valence-corrected chi connectivity index (χ1v) is 10.7. The summed E-state index contributed by atoms with van der Waals surface area (Å²) in [5.41, 5.74) is 2.17. The average Bonchev–Trinajstić information content (AvgIpc) is 2.98. The molecule has 9 nitrogen and oxygen atoms in total. The minimum atomic E-state index is -0.804. The Balaban J connectivity index is 1.89. The first kappa shape index (κ1) is 22.8. The molecule has 0 bridgehead atoms. The molecule has 4 rings (SSSR count). The molecule has 0 saturated heterocycles. The minimum absolute atomic E-state index is 0.116. The Morgan fingerprint density at radius 1 is 0.971 bits per heavy atom. The Labute approximate surface area is 194 Å². The van der Waals surface area contributed by atoms with Gasteiger partial charge in [-0.2, -0.15) is 0 Å². The lowest BCUT2D eigenvalue weighted by atomic mass is 10.0. The largest absolute Gasteiger partial charge is 0.493 e. The van der Waals surface area contributed by atoms with Gasteiger partial charge in [0, 0.05) is 13.3 Å². The number of aromatic hydroxyl groups is 1. The highest BCUT2D eigenvalue weighted by atomic mass is 16.3. The van der Waals surface area contributed by atoms with E-state index in [1.807, 2.05) is 51.1 Å². The van der Waals surface area contributed by atoms with Crippen LogP contribution in [-0.4, -0.2) is 30.2 Å². The Kier molecular flexibility index (Phi) is 5.70. The van der Waals surface area contributed by atoms with E-state index < -0.39 is 17.1 Å². The summed E-state index contributed by atoms with van der Waals surface area (Å²) in [6.45, 7) is 7.30. The summed E-state index contributed by atoms with van der Waals surface area (Å²) in [5.74, 6) is -0.551. The quantitative estimate of drug-likeness (QED) is 0.457. The van der Waals surface area contributed by atoms with Crippen LogP contribution < -0.4 is 16.8 Å². The van der Waals surface area contributed by atoms with Gasteiger partial charge in [0.05, 0.1) is 17.1 Å². The lowest BCUT2D eigenvalue weighted by molar-refractivity contribution is 0.429. The van der Waals surface area contributed by atoms with E-state index in [1.54, 1.807) is 30.8 Å². The van der Waals surface area contributed by atoms with E-state index in [0.717, 1.165) is 27.5 Å². The molecule has 9 heteroatoms. The SMILES string of the molecule is Cc1cc(C)c(-n2c(O)c(C=Nc3c(C)n(C)n(-c4ccccc4)c3=O)c(=O)[nH]c2=O)c(C)c1. The fourth-order valence-electron chi connectivity index (χ4n) is 4.22. The maximum atomic E-state index is 13.1. The van der Waals surface area contributed by atoms with E-state index in [1.165, 1.54) is 4.68 Å². The second-order valence-electron chi connectivity index (χ2n) is 8.25. The van der Waals surface area contributed by atoms with Crippen molar-refractivity contribution in [2.24, 2.45) is 12.0 Å². The van der Waals surface area contributed by atoms with Gasteiger partial charge in [0.1, 0.15) is 5.56 Å². The number of aryl methyl sites for hydroxylation is 3. The van der Waals surface area contributed by atoms with E-state index in [-0.39, 0.29) is 16.8 Å². The standard InChI is InChI=1S/C25H25N5O4/c1-14-11-15(2)21(16(3)12-14)29-23(32)19(22(31)27-25(29)34)13-26-20-17(4)28(5)30(24(20)33)18-9-7-6-8-10-18/h6-13,32H,1-5H3,(H,27,31,34). The molecule has 2 aromatic carbocycles. The van der Waals surface area contributed by atoms with Gasteiger partial charge in [-0.3, -0.25) is 19.3 Å². The highest BCUT2D eigenvalue weighted by Gasteiger charge is 2.19. The molecular weight excluding hydrogens is 434 g/mol. The van der Waals surface area contributed by atoms with E-state index in [0.29, 0.717) is 17.1 Å². The van der Waals surface area contributed by atoms with Crippen LogP contribution in [0.25, 0.3) is 11.4 Å². The van der Waals surface area contributed by atoms with Crippen LogP contribution in [0.4, 0.5) is 5.69 Å². The van der Waals surface area contributed by atoms with Crippen molar-refractivity contribution < 1.29 is 5.11 Å². The zero-order valence-electron chi connectivity index (χ0n) is 19.6. The number of hydrogen-bond acceptors (Lipinski definition) is 5. The second-order valence-corrected chi connectivity index (χ2v) is 8.25. The van der Waals surface area contributed by atoms with E-state index >= 15 is 0 Å². The molecular formula is C25H25N5O4. The van der Waals surface area contributed by atoms with Crippen LogP contribution in [0.2, 0.25) is 0 Å². The van der Waals surface area contributed by atoms with Crippen molar-refractivity contribution in [1.29, 1.82) is 0 Å². The second kappa shape index (κ2) is 8.51. The Bertz CT molecular complexity index is 1600. The van der Waals surface area contributed by atoms with Crippen LogP contribution >= 0.6 is 0 Å². The van der Waals surface area contributed by atoms with Crippen molar-refractivity contribution in [1.82, 2.24) is 18.9 Å². The summed E-state index contributed by atoms with van der Waals surface area (Å²) in [6.07, 6.45) is 1.11. The van der Waals surface area contributed by atoms with Crippen molar-refractivity contribution in [3.63, 3.8) is 0 Å². The highest BCUT2D eigenvalue weighted by molar-refractivity contribution is 5.84. The van der Waals surface area contributed by atoms with Gasteiger partial charge in [-0.15, -0.1) is 0 Å². The van der Waals surface area contributed by atoms with Crippen molar-refractivity contribution in [2.75, 3.05) is 0 Å². The zero-order chi connectivity index (χ0) is 24.7. The van der Waals surface area contributed by atoms with Crippen molar-refractivity contribution in [2.45, 2.75) is 27.7 Å². The third-order valence-corrected chi connectivity index (χ3v) is 5.83. The third-order valence-electron chi connectivity index (χ3n) is 5.83. The number of rotatable bonds is 4. The van der Waals surface area contributed by atoms with Crippen molar-refractivity contribution in [3.05, 3.63) is 102 Å². The predicted molar refractivity (Wildman–Crippen MR) is 132 cm³/mol. The molecule has 0 fully saturated rings. The van der Waals surface area contributed by atoms with E-state index in [9.17, 15) is 19.5 Å². The Hall–Kier alpha value is -4.40. The first-order valence-electron chi connectivity index (χ1n) is 10.7. The first-order chi connectivity index (χ1) is 16.1. The summed E-state index contributed by atoms with van der Waals surface area (Å²) < 4.78 is 4.17. The maximum Gasteiger partial charge on any atom is 0.335 e. The number of aromatic nitrogens is 4. The number of nitrogens with zero attached hydrogens (tertiary/aromatic N) is 4. The average molecular weight is 460 g/mol. The van der Waals surface area contributed by atoms with Gasteiger partial charge >= 0.3 is 5.69 Å². The number of nitrogens with one attached hydrogen (secondary N) is 1. The van der Waals surface area contributed by atoms with Gasteiger partial charge in [-0.05, 0) is 51.0 Å². The number of benzene rings is 2. The maximum absolute atomic E-state index is 13.1. The van der Waals surface area contributed by atoms with Crippen LogP contribution in [-0.2, 0) is 7.05 Å². The molecule has 0 amide bonds. The molecule has 0 aliphatic rings. The number of aliphatic imine (C=N–C) groups is 1. The van der Waals surface area contributed by atoms with Crippen LogP contribution in [0.3, 0.4) is 0 Å². The topological polar surface area (TPSA) is 114 Å². The normalized spacial score (nSPS) is 11.4. The van der Waals surface area contributed by atoms with Gasteiger partial charge in [0.25, 0.3) is 11.1 Å². The van der Waals surface area contributed by atoms with Gasteiger partial charge in [-0.25, -0.2) is 19.0 Å². The van der Waals surface area contributed by atoms with E-state index in [4.69, 9.17) is 0 Å². The fraction of sp³-hybridized carbons (Fsp3) is 0.200. The lowest BCUT2D eigenvalue weighted by Crippen LogP contribution is -2.32. The molecule has 2 aromatic heterocycles. The van der Waals surface area contributed by atoms with Gasteiger partial charge in [0.2, 0.25) is 5.88 Å². The molecule has 0 atom stereocenters. The molecule has 2 heterocycles. The summed E-state index contributed by atoms with van der Waals surface area (Å²) in [7, 11) is 1.73. The molecule has 0 spiro atoms. The predicted octanol–water partition coefficient (Wildman–Crippen LogP) is 2.71. The molecule has 34 heavy (non-hydrogen) atoms. The van der Waals surface area contributed by atoms with Gasteiger partial charge < -0.3 is 5.11 Å². The van der Waals surface area contributed by atoms with Crippen molar-refractivity contribution in [3.8, 4) is 17.3 Å². The van der Waals surface area contributed by atoms with Gasteiger partial charge in [0.15, 0.2) is 5.69 Å². The molecule has 0 aliphatic carbocycles.